The summed E-state index contributed by atoms with van der Waals surface area (Å²) in [6.07, 6.45) is 4.43. The Bertz CT molecular complexity index is 627. The minimum Gasteiger partial charge on any atom is -0.339 e. The van der Waals surface area contributed by atoms with Gasteiger partial charge in [-0.05, 0) is 54.2 Å². The number of carbonyl (C=O) groups excluding carboxylic acids is 1. The molecule has 0 atom stereocenters. The molecule has 2 aromatic rings. The van der Waals surface area contributed by atoms with E-state index < -0.39 is 0 Å². The van der Waals surface area contributed by atoms with E-state index in [4.69, 9.17) is 0 Å². The fraction of sp³-hybridized carbons (Fsp3) is 0.400. The topological polar surface area (TPSA) is 33.2 Å². The number of pyridine rings is 1. The minimum absolute atomic E-state index is 0.0991. The van der Waals surface area contributed by atoms with Crippen LogP contribution in [0.4, 0.5) is 0 Å². The first-order chi connectivity index (χ1) is 10.9. The number of hydrogen-bond donors (Lipinski definition) is 0. The zero-order valence-electron chi connectivity index (χ0n) is 14.5. The number of benzene rings is 1. The van der Waals surface area contributed by atoms with Crippen LogP contribution in [0.25, 0.3) is 0 Å². The fourth-order valence-corrected chi connectivity index (χ4v) is 2.51. The summed E-state index contributed by atoms with van der Waals surface area (Å²) in [6, 6.07) is 12.0. The number of aromatic nitrogens is 1. The van der Waals surface area contributed by atoms with Crippen molar-refractivity contribution in [1.29, 1.82) is 0 Å². The van der Waals surface area contributed by atoms with Crippen molar-refractivity contribution in [2.24, 2.45) is 0 Å². The summed E-state index contributed by atoms with van der Waals surface area (Å²) >= 11 is 0. The Kier molecular flexibility index (Phi) is 5.54. The molecule has 0 radical (unpaired) electrons. The fourth-order valence-electron chi connectivity index (χ4n) is 2.51. The van der Waals surface area contributed by atoms with E-state index >= 15 is 0 Å². The summed E-state index contributed by atoms with van der Waals surface area (Å²) in [5.41, 5.74) is 3.31. The molecule has 0 saturated heterocycles. The molecular weight excluding hydrogens is 284 g/mol. The Labute approximate surface area is 139 Å². The molecule has 122 valence electrons. The molecule has 0 unspecified atom stereocenters. The van der Waals surface area contributed by atoms with E-state index in [-0.39, 0.29) is 11.3 Å². The Morgan fingerprint density at radius 2 is 1.65 bits per heavy atom. The molecule has 0 N–H and O–H groups in total. The third-order valence-corrected chi connectivity index (χ3v) is 4.09. The van der Waals surface area contributed by atoms with E-state index in [1.54, 1.807) is 12.4 Å². The predicted molar refractivity (Wildman–Crippen MR) is 94.7 cm³/mol. The highest BCUT2D eigenvalue weighted by Crippen LogP contribution is 2.22. The van der Waals surface area contributed by atoms with Gasteiger partial charge in [-0.25, -0.2) is 0 Å². The molecule has 0 aliphatic rings. The predicted octanol–water partition coefficient (Wildman–Crippen LogP) is 4.08. The van der Waals surface area contributed by atoms with Gasteiger partial charge in [-0.1, -0.05) is 32.9 Å². The van der Waals surface area contributed by atoms with Gasteiger partial charge in [0.15, 0.2) is 0 Å². The molecule has 0 aliphatic heterocycles. The van der Waals surface area contributed by atoms with Gasteiger partial charge in [-0.15, -0.1) is 0 Å². The number of hydrogen-bond acceptors (Lipinski definition) is 2. The number of carbonyl (C=O) groups is 1. The Morgan fingerprint density at radius 3 is 2.17 bits per heavy atom. The number of likely N-dealkylation sites (N-methyl/N-ethyl adjacent to an activating group) is 1. The van der Waals surface area contributed by atoms with Crippen LogP contribution in [0.15, 0.2) is 48.8 Å². The smallest absolute Gasteiger partial charge is 0.253 e. The van der Waals surface area contributed by atoms with E-state index in [9.17, 15) is 4.79 Å². The molecule has 3 heteroatoms. The summed E-state index contributed by atoms with van der Waals surface area (Å²) in [5, 5.41) is 0. The molecule has 1 aromatic carbocycles. The lowest BCUT2D eigenvalue weighted by Gasteiger charge is -2.22. The van der Waals surface area contributed by atoms with Gasteiger partial charge in [-0.2, -0.15) is 0 Å². The molecule has 1 aromatic heterocycles. The van der Waals surface area contributed by atoms with Crippen molar-refractivity contribution in [2.75, 3.05) is 13.1 Å². The second kappa shape index (κ2) is 7.40. The number of nitrogens with zero attached hydrogens (tertiary/aromatic N) is 2. The molecule has 0 spiro atoms. The Balaban J connectivity index is 2.04. The van der Waals surface area contributed by atoms with Gasteiger partial charge in [0.1, 0.15) is 0 Å². The zero-order chi connectivity index (χ0) is 16.9. The van der Waals surface area contributed by atoms with Crippen molar-refractivity contribution in [3.8, 4) is 0 Å². The van der Waals surface area contributed by atoms with E-state index in [1.807, 2.05) is 36.1 Å². The van der Waals surface area contributed by atoms with E-state index in [1.165, 1.54) is 11.1 Å². The van der Waals surface area contributed by atoms with Crippen molar-refractivity contribution in [3.63, 3.8) is 0 Å². The Hall–Kier alpha value is -2.16. The first kappa shape index (κ1) is 17.2. The van der Waals surface area contributed by atoms with E-state index in [0.29, 0.717) is 6.54 Å². The van der Waals surface area contributed by atoms with Crippen LogP contribution in [0.1, 0.15) is 49.2 Å². The van der Waals surface area contributed by atoms with Crippen molar-refractivity contribution >= 4 is 5.91 Å². The first-order valence-corrected chi connectivity index (χ1v) is 8.20. The summed E-state index contributed by atoms with van der Waals surface area (Å²) in [6.45, 7) is 9.99. The van der Waals surface area contributed by atoms with Crippen LogP contribution in [-0.4, -0.2) is 28.9 Å². The van der Waals surface area contributed by atoms with Gasteiger partial charge >= 0.3 is 0 Å². The standard InChI is InChI=1S/C20H26N2O/c1-5-22(15-12-16-10-13-21-14-11-16)19(23)17-6-8-18(9-7-17)20(2,3)4/h6-11,13-14H,5,12,15H2,1-4H3. The number of amides is 1. The van der Waals surface area contributed by atoms with Gasteiger partial charge in [0.05, 0.1) is 0 Å². The SMILES string of the molecule is CCN(CCc1ccncc1)C(=O)c1ccc(C(C)(C)C)cc1. The van der Waals surface area contributed by atoms with Gasteiger partial charge < -0.3 is 4.90 Å². The molecule has 1 heterocycles. The molecule has 0 fully saturated rings. The maximum atomic E-state index is 12.7. The van der Waals surface area contributed by atoms with Gasteiger partial charge in [-0.3, -0.25) is 9.78 Å². The van der Waals surface area contributed by atoms with Crippen LogP contribution in [0.5, 0.6) is 0 Å². The molecular formula is C20H26N2O. The lowest BCUT2D eigenvalue weighted by molar-refractivity contribution is 0.0766. The number of rotatable bonds is 5. The van der Waals surface area contributed by atoms with Crippen LogP contribution in [0, 0.1) is 0 Å². The van der Waals surface area contributed by atoms with Gasteiger partial charge in [0.25, 0.3) is 5.91 Å². The van der Waals surface area contributed by atoms with Crippen molar-refractivity contribution in [3.05, 3.63) is 65.5 Å². The maximum absolute atomic E-state index is 12.7. The highest BCUT2D eigenvalue weighted by atomic mass is 16.2. The Morgan fingerprint density at radius 1 is 1.04 bits per heavy atom. The van der Waals surface area contributed by atoms with Crippen molar-refractivity contribution in [1.82, 2.24) is 9.88 Å². The van der Waals surface area contributed by atoms with Crippen molar-refractivity contribution < 1.29 is 4.79 Å². The quantitative estimate of drug-likeness (QED) is 0.833. The van der Waals surface area contributed by atoms with Crippen LogP contribution < -0.4 is 0 Å². The first-order valence-electron chi connectivity index (χ1n) is 8.20. The maximum Gasteiger partial charge on any atom is 0.253 e. The third-order valence-electron chi connectivity index (χ3n) is 4.09. The zero-order valence-corrected chi connectivity index (χ0v) is 14.5. The minimum atomic E-state index is 0.0991. The molecule has 0 bridgehead atoms. The highest BCUT2D eigenvalue weighted by molar-refractivity contribution is 5.94. The molecule has 1 amide bonds. The van der Waals surface area contributed by atoms with Crippen LogP contribution >= 0.6 is 0 Å². The average molecular weight is 310 g/mol. The summed E-state index contributed by atoms with van der Waals surface area (Å²) in [7, 11) is 0. The molecule has 0 saturated carbocycles. The second-order valence-electron chi connectivity index (χ2n) is 6.82. The lowest BCUT2D eigenvalue weighted by atomic mass is 9.86. The summed E-state index contributed by atoms with van der Waals surface area (Å²) in [4.78, 5) is 18.6. The monoisotopic (exact) mass is 310 g/mol. The normalized spacial score (nSPS) is 11.3. The molecule has 2 rings (SSSR count). The van der Waals surface area contributed by atoms with Crippen LogP contribution in [0.2, 0.25) is 0 Å². The highest BCUT2D eigenvalue weighted by Gasteiger charge is 2.17. The summed E-state index contributed by atoms with van der Waals surface area (Å²) in [5.74, 6) is 0.0991. The van der Waals surface area contributed by atoms with Crippen molar-refractivity contribution in [2.45, 2.75) is 39.5 Å². The van der Waals surface area contributed by atoms with Gasteiger partial charge in [0, 0.05) is 31.0 Å². The molecule has 3 nitrogen and oxygen atoms in total. The van der Waals surface area contributed by atoms with E-state index in [2.05, 4.69) is 37.9 Å². The van der Waals surface area contributed by atoms with E-state index in [0.717, 1.165) is 18.5 Å². The third kappa shape index (κ3) is 4.65. The second-order valence-corrected chi connectivity index (χ2v) is 6.82. The lowest BCUT2D eigenvalue weighted by Crippen LogP contribution is -2.32. The largest absolute Gasteiger partial charge is 0.339 e. The molecule has 0 aliphatic carbocycles. The molecule has 23 heavy (non-hydrogen) atoms. The van der Waals surface area contributed by atoms with Crippen LogP contribution in [0.3, 0.4) is 0 Å². The summed E-state index contributed by atoms with van der Waals surface area (Å²) < 4.78 is 0. The van der Waals surface area contributed by atoms with Crippen LogP contribution in [-0.2, 0) is 11.8 Å². The average Bonchev–Trinajstić information content (AvgIpc) is 2.55. The van der Waals surface area contributed by atoms with Gasteiger partial charge in [0.2, 0.25) is 0 Å².